The summed E-state index contributed by atoms with van der Waals surface area (Å²) >= 11 is 0. The standard InChI is InChI=1S/C12H13FN2O/c13-9-2-3-10-8(6-9)7-11-12(16)14-4-1-5-15(10)11/h2-3,6,11H,1,4-5,7H2,(H,14,16). The molecule has 1 aromatic carbocycles. The number of halogens is 1. The Morgan fingerprint density at radius 2 is 2.31 bits per heavy atom. The van der Waals surface area contributed by atoms with Gasteiger partial charge in [-0.3, -0.25) is 4.79 Å². The van der Waals surface area contributed by atoms with Crippen LogP contribution in [0.25, 0.3) is 0 Å². The molecule has 16 heavy (non-hydrogen) atoms. The van der Waals surface area contributed by atoms with Crippen LogP contribution in [-0.2, 0) is 11.2 Å². The summed E-state index contributed by atoms with van der Waals surface area (Å²) in [4.78, 5) is 13.9. The van der Waals surface area contributed by atoms with E-state index < -0.39 is 0 Å². The molecule has 4 heteroatoms. The first-order chi connectivity index (χ1) is 7.75. The Morgan fingerprint density at radius 1 is 1.44 bits per heavy atom. The first kappa shape index (κ1) is 9.63. The topological polar surface area (TPSA) is 32.3 Å². The number of benzene rings is 1. The molecule has 2 aliphatic rings. The van der Waals surface area contributed by atoms with E-state index in [-0.39, 0.29) is 17.8 Å². The number of fused-ring (bicyclic) bond motifs is 3. The van der Waals surface area contributed by atoms with Gasteiger partial charge in [0.05, 0.1) is 0 Å². The Bertz CT molecular complexity index is 447. The maximum atomic E-state index is 13.1. The average Bonchev–Trinajstić information content (AvgIpc) is 2.52. The van der Waals surface area contributed by atoms with Crippen molar-refractivity contribution in [3.8, 4) is 0 Å². The van der Waals surface area contributed by atoms with Gasteiger partial charge in [0.1, 0.15) is 11.9 Å². The Balaban J connectivity index is 2.01. The number of carbonyl (C=O) groups is 1. The van der Waals surface area contributed by atoms with Gasteiger partial charge in [-0.05, 0) is 30.2 Å². The lowest BCUT2D eigenvalue weighted by Gasteiger charge is -2.23. The minimum Gasteiger partial charge on any atom is -0.359 e. The predicted octanol–water partition coefficient (Wildman–Crippen LogP) is 1.08. The summed E-state index contributed by atoms with van der Waals surface area (Å²) in [7, 11) is 0. The number of rotatable bonds is 0. The molecule has 3 rings (SSSR count). The fourth-order valence-corrected chi connectivity index (χ4v) is 2.57. The van der Waals surface area contributed by atoms with E-state index in [0.717, 1.165) is 30.8 Å². The van der Waals surface area contributed by atoms with Crippen molar-refractivity contribution >= 4 is 11.6 Å². The molecule has 2 aliphatic heterocycles. The maximum absolute atomic E-state index is 13.1. The van der Waals surface area contributed by atoms with Gasteiger partial charge in [-0.1, -0.05) is 0 Å². The van der Waals surface area contributed by atoms with E-state index in [1.807, 2.05) is 0 Å². The second-order valence-corrected chi connectivity index (χ2v) is 4.33. The summed E-state index contributed by atoms with van der Waals surface area (Å²) < 4.78 is 13.1. The first-order valence-electron chi connectivity index (χ1n) is 5.58. The SMILES string of the molecule is O=C1NCCCN2c3ccc(F)cc3CC12. The number of nitrogens with one attached hydrogen (secondary N) is 1. The van der Waals surface area contributed by atoms with Crippen molar-refractivity contribution in [3.05, 3.63) is 29.6 Å². The minimum absolute atomic E-state index is 0.0640. The van der Waals surface area contributed by atoms with Crippen molar-refractivity contribution in [2.24, 2.45) is 0 Å². The zero-order valence-corrected chi connectivity index (χ0v) is 8.87. The summed E-state index contributed by atoms with van der Waals surface area (Å²) in [6.45, 7) is 1.60. The van der Waals surface area contributed by atoms with Gasteiger partial charge in [-0.2, -0.15) is 0 Å². The van der Waals surface area contributed by atoms with Crippen LogP contribution in [0.1, 0.15) is 12.0 Å². The Kier molecular flexibility index (Phi) is 2.09. The van der Waals surface area contributed by atoms with E-state index >= 15 is 0 Å². The Morgan fingerprint density at radius 3 is 3.19 bits per heavy atom. The molecule has 2 heterocycles. The molecule has 1 atom stereocenters. The molecule has 1 saturated heterocycles. The van der Waals surface area contributed by atoms with Crippen LogP contribution < -0.4 is 10.2 Å². The molecule has 3 nitrogen and oxygen atoms in total. The zero-order valence-electron chi connectivity index (χ0n) is 8.87. The molecule has 0 saturated carbocycles. The van der Waals surface area contributed by atoms with Gasteiger partial charge in [0.2, 0.25) is 5.91 Å². The van der Waals surface area contributed by atoms with Crippen LogP contribution in [0.4, 0.5) is 10.1 Å². The van der Waals surface area contributed by atoms with E-state index in [1.54, 1.807) is 6.07 Å². The highest BCUT2D eigenvalue weighted by molar-refractivity contribution is 5.88. The molecule has 0 bridgehead atoms. The second-order valence-electron chi connectivity index (χ2n) is 4.33. The summed E-state index contributed by atoms with van der Waals surface area (Å²) in [6.07, 6.45) is 1.57. The predicted molar refractivity (Wildman–Crippen MR) is 58.9 cm³/mol. The molecule has 84 valence electrons. The molecule has 0 radical (unpaired) electrons. The summed E-state index contributed by atoms with van der Waals surface area (Å²) in [6, 6.07) is 4.64. The van der Waals surface area contributed by atoms with Crippen LogP contribution in [0, 0.1) is 5.82 Å². The van der Waals surface area contributed by atoms with Crippen molar-refractivity contribution in [1.82, 2.24) is 5.32 Å². The van der Waals surface area contributed by atoms with Crippen molar-refractivity contribution in [1.29, 1.82) is 0 Å². The van der Waals surface area contributed by atoms with Gasteiger partial charge in [-0.15, -0.1) is 0 Å². The third-order valence-electron chi connectivity index (χ3n) is 3.32. The molecule has 1 fully saturated rings. The molecule has 1 amide bonds. The lowest BCUT2D eigenvalue weighted by molar-refractivity contribution is -0.121. The van der Waals surface area contributed by atoms with E-state index in [4.69, 9.17) is 0 Å². The first-order valence-corrected chi connectivity index (χ1v) is 5.58. The normalized spacial score (nSPS) is 23.4. The van der Waals surface area contributed by atoms with Gasteiger partial charge >= 0.3 is 0 Å². The van der Waals surface area contributed by atoms with Crippen LogP contribution >= 0.6 is 0 Å². The van der Waals surface area contributed by atoms with Gasteiger partial charge in [0.15, 0.2) is 0 Å². The van der Waals surface area contributed by atoms with Gasteiger partial charge in [0.25, 0.3) is 0 Å². The fourth-order valence-electron chi connectivity index (χ4n) is 2.57. The fraction of sp³-hybridized carbons (Fsp3) is 0.417. The molecule has 1 N–H and O–H groups in total. The zero-order chi connectivity index (χ0) is 11.1. The number of nitrogens with zero attached hydrogens (tertiary/aromatic N) is 1. The Hall–Kier alpha value is -1.58. The largest absolute Gasteiger partial charge is 0.359 e. The van der Waals surface area contributed by atoms with E-state index in [9.17, 15) is 9.18 Å². The number of carbonyl (C=O) groups excluding carboxylic acids is 1. The van der Waals surface area contributed by atoms with Crippen molar-refractivity contribution in [2.45, 2.75) is 18.9 Å². The third-order valence-corrected chi connectivity index (χ3v) is 3.32. The highest BCUT2D eigenvalue weighted by Crippen LogP contribution is 2.33. The van der Waals surface area contributed by atoms with Crippen LogP contribution in [0.2, 0.25) is 0 Å². The second kappa shape index (κ2) is 3.47. The summed E-state index contributed by atoms with van der Waals surface area (Å²) in [5.74, 6) is -0.161. The number of hydrogen-bond acceptors (Lipinski definition) is 2. The van der Waals surface area contributed by atoms with Crippen molar-refractivity contribution in [2.75, 3.05) is 18.0 Å². The number of amides is 1. The van der Waals surface area contributed by atoms with Crippen LogP contribution in [0.5, 0.6) is 0 Å². The maximum Gasteiger partial charge on any atom is 0.243 e. The van der Waals surface area contributed by atoms with Gasteiger partial charge in [-0.25, -0.2) is 4.39 Å². The summed E-state index contributed by atoms with van der Waals surface area (Å²) in [5.41, 5.74) is 1.96. The van der Waals surface area contributed by atoms with Gasteiger partial charge in [0, 0.05) is 25.2 Å². The highest BCUT2D eigenvalue weighted by Gasteiger charge is 2.35. The van der Waals surface area contributed by atoms with Crippen molar-refractivity contribution < 1.29 is 9.18 Å². The molecule has 0 aliphatic carbocycles. The third kappa shape index (κ3) is 1.37. The molecular formula is C12H13FN2O. The van der Waals surface area contributed by atoms with E-state index in [2.05, 4.69) is 10.2 Å². The monoisotopic (exact) mass is 220 g/mol. The van der Waals surface area contributed by atoms with E-state index in [1.165, 1.54) is 12.1 Å². The van der Waals surface area contributed by atoms with Crippen LogP contribution in [0.3, 0.4) is 0 Å². The molecule has 1 unspecified atom stereocenters. The molecule has 1 aromatic rings. The van der Waals surface area contributed by atoms with Crippen LogP contribution in [0.15, 0.2) is 18.2 Å². The highest BCUT2D eigenvalue weighted by atomic mass is 19.1. The quantitative estimate of drug-likeness (QED) is 0.709. The molecular weight excluding hydrogens is 207 g/mol. The number of anilines is 1. The lowest BCUT2D eigenvalue weighted by atomic mass is 10.1. The van der Waals surface area contributed by atoms with Gasteiger partial charge < -0.3 is 10.2 Å². The van der Waals surface area contributed by atoms with Crippen LogP contribution in [-0.4, -0.2) is 25.0 Å². The van der Waals surface area contributed by atoms with E-state index in [0.29, 0.717) is 6.42 Å². The molecule has 0 spiro atoms. The average molecular weight is 220 g/mol. The summed E-state index contributed by atoms with van der Waals surface area (Å²) in [5, 5.41) is 2.89. The van der Waals surface area contributed by atoms with Crippen molar-refractivity contribution in [3.63, 3.8) is 0 Å². The minimum atomic E-state index is -0.225. The number of hydrogen-bond donors (Lipinski definition) is 1. The Labute approximate surface area is 93.2 Å². The molecule has 0 aromatic heterocycles. The smallest absolute Gasteiger partial charge is 0.243 e. The lowest BCUT2D eigenvalue weighted by Crippen LogP contribution is -2.42.